The van der Waals surface area contributed by atoms with Crippen LogP contribution in [0.1, 0.15) is 22.4 Å². The Morgan fingerprint density at radius 2 is 1.65 bits per heavy atom. The fraction of sp³-hybridized carbons (Fsp3) is 0.312. The van der Waals surface area contributed by atoms with Crippen LogP contribution in [0.15, 0.2) is 30.3 Å². The molecular weight excluding hydrogens is 206 g/mol. The average Bonchev–Trinajstić information content (AvgIpc) is 2.27. The van der Waals surface area contributed by atoms with Crippen LogP contribution in [-0.2, 0) is 7.05 Å². The van der Waals surface area contributed by atoms with Crippen molar-refractivity contribution in [2.24, 2.45) is 7.05 Å². The van der Waals surface area contributed by atoms with Gasteiger partial charge in [-0.15, -0.1) is 0 Å². The molecule has 0 spiro atoms. The van der Waals surface area contributed by atoms with Gasteiger partial charge in [0.15, 0.2) is 5.69 Å². The highest BCUT2D eigenvalue weighted by Crippen LogP contribution is 2.23. The molecule has 88 valence electrons. The van der Waals surface area contributed by atoms with Gasteiger partial charge in [0.25, 0.3) is 0 Å². The minimum absolute atomic E-state index is 1.29. The maximum Gasteiger partial charge on any atom is 0.212 e. The van der Waals surface area contributed by atoms with Gasteiger partial charge in [-0.25, -0.2) is 0 Å². The number of rotatable bonds is 1. The van der Waals surface area contributed by atoms with E-state index in [0.29, 0.717) is 0 Å². The first-order valence-electron chi connectivity index (χ1n) is 6.04. The van der Waals surface area contributed by atoms with Crippen molar-refractivity contribution in [3.8, 4) is 11.3 Å². The smallest absolute Gasteiger partial charge is 0.199 e. The second-order valence-electron chi connectivity index (χ2n) is 4.87. The zero-order valence-electron chi connectivity index (χ0n) is 11.3. The Morgan fingerprint density at radius 3 is 2.35 bits per heavy atom. The van der Waals surface area contributed by atoms with Crippen molar-refractivity contribution >= 4 is 0 Å². The van der Waals surface area contributed by atoms with E-state index in [0.717, 1.165) is 0 Å². The molecular formula is C16H20N+. The third kappa shape index (κ3) is 2.10. The number of hydrogen-bond donors (Lipinski definition) is 0. The van der Waals surface area contributed by atoms with Crippen LogP contribution in [0.25, 0.3) is 11.3 Å². The lowest BCUT2D eigenvalue weighted by Gasteiger charge is -2.09. The molecule has 0 amide bonds. The molecule has 1 heterocycles. The Labute approximate surface area is 104 Å². The molecule has 0 N–H and O–H groups in total. The lowest BCUT2D eigenvalue weighted by molar-refractivity contribution is -0.666. The van der Waals surface area contributed by atoms with E-state index in [2.05, 4.69) is 69.6 Å². The van der Waals surface area contributed by atoms with Gasteiger partial charge in [0.1, 0.15) is 7.05 Å². The Balaban J connectivity index is 2.73. The summed E-state index contributed by atoms with van der Waals surface area (Å²) < 4.78 is 2.26. The summed E-state index contributed by atoms with van der Waals surface area (Å²) in [4.78, 5) is 0. The van der Waals surface area contributed by atoms with Crippen molar-refractivity contribution < 1.29 is 4.57 Å². The van der Waals surface area contributed by atoms with Crippen LogP contribution >= 0.6 is 0 Å². The van der Waals surface area contributed by atoms with Crippen molar-refractivity contribution in [2.45, 2.75) is 27.7 Å². The van der Waals surface area contributed by atoms with E-state index >= 15 is 0 Å². The molecule has 0 fully saturated rings. The maximum absolute atomic E-state index is 2.26. The van der Waals surface area contributed by atoms with Gasteiger partial charge in [0.2, 0.25) is 5.69 Å². The van der Waals surface area contributed by atoms with Gasteiger partial charge in [-0.1, -0.05) is 12.1 Å². The van der Waals surface area contributed by atoms with E-state index in [1.807, 2.05) is 0 Å². The molecule has 2 rings (SSSR count). The van der Waals surface area contributed by atoms with Crippen LogP contribution in [0.4, 0.5) is 0 Å². The van der Waals surface area contributed by atoms with E-state index in [-0.39, 0.29) is 0 Å². The topological polar surface area (TPSA) is 3.88 Å². The Morgan fingerprint density at radius 1 is 0.941 bits per heavy atom. The molecule has 1 nitrogen and oxygen atoms in total. The van der Waals surface area contributed by atoms with Crippen molar-refractivity contribution in [2.75, 3.05) is 0 Å². The largest absolute Gasteiger partial charge is 0.212 e. The zero-order valence-corrected chi connectivity index (χ0v) is 11.3. The molecule has 1 heteroatoms. The van der Waals surface area contributed by atoms with Crippen LogP contribution in [0.2, 0.25) is 0 Å². The molecule has 17 heavy (non-hydrogen) atoms. The second-order valence-corrected chi connectivity index (χ2v) is 4.87. The highest BCUT2D eigenvalue weighted by molar-refractivity contribution is 5.63. The molecule has 1 aromatic heterocycles. The number of pyridine rings is 1. The molecule has 2 aromatic rings. The molecule has 0 unspecified atom stereocenters. The first kappa shape index (κ1) is 11.8. The highest BCUT2D eigenvalue weighted by Gasteiger charge is 2.15. The number of nitrogens with zero attached hydrogens (tertiary/aromatic N) is 1. The summed E-state index contributed by atoms with van der Waals surface area (Å²) in [7, 11) is 2.13. The molecule has 0 bridgehead atoms. The van der Waals surface area contributed by atoms with Crippen LogP contribution in [0, 0.1) is 27.7 Å². The predicted molar refractivity (Wildman–Crippen MR) is 72.0 cm³/mol. The van der Waals surface area contributed by atoms with E-state index in [9.17, 15) is 0 Å². The Hall–Kier alpha value is -1.63. The number of benzene rings is 1. The van der Waals surface area contributed by atoms with Crippen LogP contribution in [0.3, 0.4) is 0 Å². The summed E-state index contributed by atoms with van der Waals surface area (Å²) >= 11 is 0. The normalized spacial score (nSPS) is 10.6. The minimum Gasteiger partial charge on any atom is -0.199 e. The van der Waals surface area contributed by atoms with E-state index in [1.165, 1.54) is 33.6 Å². The van der Waals surface area contributed by atoms with Crippen molar-refractivity contribution in [1.82, 2.24) is 0 Å². The van der Waals surface area contributed by atoms with E-state index in [1.54, 1.807) is 0 Å². The van der Waals surface area contributed by atoms with Crippen molar-refractivity contribution in [1.29, 1.82) is 0 Å². The molecule has 0 radical (unpaired) electrons. The zero-order chi connectivity index (χ0) is 12.6. The first-order chi connectivity index (χ1) is 8.00. The van der Waals surface area contributed by atoms with E-state index in [4.69, 9.17) is 0 Å². The fourth-order valence-corrected chi connectivity index (χ4v) is 2.26. The fourth-order valence-electron chi connectivity index (χ4n) is 2.26. The number of hydrogen-bond acceptors (Lipinski definition) is 0. The molecule has 1 aromatic carbocycles. The lowest BCUT2D eigenvalue weighted by atomic mass is 9.99. The Kier molecular flexibility index (Phi) is 3.01. The summed E-state index contributed by atoms with van der Waals surface area (Å²) in [6.07, 6.45) is 0. The number of aryl methyl sites for hydroxylation is 3. The third-order valence-electron chi connectivity index (χ3n) is 3.57. The van der Waals surface area contributed by atoms with Gasteiger partial charge in [0, 0.05) is 24.6 Å². The minimum atomic E-state index is 1.29. The van der Waals surface area contributed by atoms with Gasteiger partial charge in [-0.05, 0) is 43.5 Å². The monoisotopic (exact) mass is 226 g/mol. The van der Waals surface area contributed by atoms with Gasteiger partial charge >= 0.3 is 0 Å². The van der Waals surface area contributed by atoms with Crippen molar-refractivity contribution in [3.05, 3.63) is 52.7 Å². The van der Waals surface area contributed by atoms with Crippen molar-refractivity contribution in [3.63, 3.8) is 0 Å². The van der Waals surface area contributed by atoms with Gasteiger partial charge in [-0.3, -0.25) is 0 Å². The third-order valence-corrected chi connectivity index (χ3v) is 3.57. The SMILES string of the molecule is Cc1cc(C)[n+](C)c(-c2cccc(C)c2C)c1. The second kappa shape index (κ2) is 4.33. The standard InChI is InChI=1S/C16H20N/c1-11-9-13(3)17(5)16(10-11)15-8-6-7-12(2)14(15)4/h6-10H,1-5H3/q+1. The summed E-state index contributed by atoms with van der Waals surface area (Å²) in [6.45, 7) is 8.67. The number of aromatic nitrogens is 1. The Bertz CT molecular complexity index is 568. The summed E-state index contributed by atoms with van der Waals surface area (Å²) in [5.74, 6) is 0. The van der Waals surface area contributed by atoms with Gasteiger partial charge in [0.05, 0.1) is 0 Å². The quantitative estimate of drug-likeness (QED) is 0.656. The lowest BCUT2D eigenvalue weighted by Crippen LogP contribution is -2.35. The first-order valence-corrected chi connectivity index (χ1v) is 6.04. The van der Waals surface area contributed by atoms with E-state index < -0.39 is 0 Å². The molecule has 0 aliphatic heterocycles. The average molecular weight is 226 g/mol. The summed E-state index contributed by atoms with van der Waals surface area (Å²) in [5, 5.41) is 0. The van der Waals surface area contributed by atoms with Crippen LogP contribution in [0.5, 0.6) is 0 Å². The molecule has 0 aliphatic rings. The predicted octanol–water partition coefficient (Wildman–Crippen LogP) is 3.41. The molecule has 0 saturated heterocycles. The summed E-state index contributed by atoms with van der Waals surface area (Å²) in [5.41, 5.74) is 7.95. The van der Waals surface area contributed by atoms with Gasteiger partial charge in [-0.2, -0.15) is 4.57 Å². The highest BCUT2D eigenvalue weighted by atomic mass is 14.9. The molecule has 0 aliphatic carbocycles. The molecule has 0 atom stereocenters. The van der Waals surface area contributed by atoms with Crippen LogP contribution < -0.4 is 4.57 Å². The molecule has 0 saturated carbocycles. The summed E-state index contributed by atoms with van der Waals surface area (Å²) in [6, 6.07) is 11.0. The maximum atomic E-state index is 2.26. The van der Waals surface area contributed by atoms with Crippen LogP contribution in [-0.4, -0.2) is 0 Å². The van der Waals surface area contributed by atoms with Gasteiger partial charge < -0.3 is 0 Å².